The van der Waals surface area contributed by atoms with E-state index in [1.54, 1.807) is 27.7 Å². The number of nitrogens with one attached hydrogen (secondary N) is 3. The van der Waals surface area contributed by atoms with Crippen molar-refractivity contribution in [3.63, 3.8) is 0 Å². The third-order valence-electron chi connectivity index (χ3n) is 24.9. The van der Waals surface area contributed by atoms with E-state index in [0.717, 1.165) is 24.5 Å². The second kappa shape index (κ2) is 39.3. The van der Waals surface area contributed by atoms with Crippen LogP contribution in [0.15, 0.2) is 0 Å². The van der Waals surface area contributed by atoms with Gasteiger partial charge >= 0.3 is 12.4 Å². The second-order valence-corrected chi connectivity index (χ2v) is 32.2. The molecule has 0 aromatic carbocycles. The van der Waals surface area contributed by atoms with Crippen molar-refractivity contribution < 1.29 is 107 Å². The number of amides is 12. The number of carbonyl (C=O) groups is 12. The van der Waals surface area contributed by atoms with E-state index in [4.69, 9.17) is 14.2 Å². The summed E-state index contributed by atoms with van der Waals surface area (Å²) in [4.78, 5) is 193. The number of morpholine rings is 1. The third-order valence-corrected chi connectivity index (χ3v) is 24.9. The number of hydrogen-bond acceptors (Lipinski definition) is 15. The summed E-state index contributed by atoms with van der Waals surface area (Å²) >= 11 is 0. The topological polar surface area (TPSA) is 298 Å². The molecule has 0 radical (unpaired) electrons. The van der Waals surface area contributed by atoms with Gasteiger partial charge in [0.25, 0.3) is 0 Å². The predicted molar refractivity (Wildman–Crippen MR) is 387 cm³/mol. The Kier molecular flexibility index (Phi) is 31.7. The van der Waals surface area contributed by atoms with Crippen LogP contribution in [0.5, 0.6) is 0 Å². The van der Waals surface area contributed by atoms with Gasteiger partial charge in [-0.3, -0.25) is 57.5 Å². The van der Waals surface area contributed by atoms with Gasteiger partial charge in [-0.1, -0.05) is 46.0 Å². The molecule has 628 valence electrons. The van der Waals surface area contributed by atoms with Gasteiger partial charge in [-0.25, -0.2) is 8.78 Å². The number of halogens is 8. The zero-order valence-electron chi connectivity index (χ0n) is 66.0. The monoisotopic (exact) mass is 1590 g/mol. The highest BCUT2D eigenvalue weighted by Crippen LogP contribution is 2.46. The molecule has 12 atom stereocenters. The minimum Gasteiger partial charge on any atom is -0.382 e. The summed E-state index contributed by atoms with van der Waals surface area (Å²) in [5, 5.41) is 8.38. The molecule has 8 aliphatic rings. The van der Waals surface area contributed by atoms with Crippen molar-refractivity contribution in [2.75, 3.05) is 115 Å². The van der Waals surface area contributed by atoms with Gasteiger partial charge < -0.3 is 74.3 Å². The van der Waals surface area contributed by atoms with Gasteiger partial charge in [-0.05, 0) is 140 Å². The molecule has 2 unspecified atom stereocenters. The molecule has 35 heteroatoms. The van der Waals surface area contributed by atoms with Gasteiger partial charge in [-0.15, -0.1) is 0 Å². The maximum atomic E-state index is 15.9. The van der Waals surface area contributed by atoms with E-state index < -0.39 is 236 Å². The van der Waals surface area contributed by atoms with Crippen LogP contribution in [-0.4, -0.2) is 314 Å². The minimum atomic E-state index is -5.22. The molecule has 4 saturated heterocycles. The molecule has 8 rings (SSSR count). The molecule has 8 fully saturated rings. The lowest BCUT2D eigenvalue weighted by Gasteiger charge is -2.47. The Labute approximate surface area is 645 Å². The molecule has 1 spiro atoms. The zero-order valence-corrected chi connectivity index (χ0v) is 66.0. The molecule has 0 aromatic rings. The van der Waals surface area contributed by atoms with Gasteiger partial charge in [-0.2, -0.15) is 26.3 Å². The van der Waals surface area contributed by atoms with Gasteiger partial charge in [0.15, 0.2) is 0 Å². The van der Waals surface area contributed by atoms with Crippen LogP contribution in [0.2, 0.25) is 0 Å². The van der Waals surface area contributed by atoms with E-state index >= 15 is 47.1 Å². The third kappa shape index (κ3) is 21.7. The highest BCUT2D eigenvalue weighted by atomic mass is 19.4. The zero-order chi connectivity index (χ0) is 81.7. The Morgan fingerprint density at radius 3 is 1.83 bits per heavy atom. The number of likely N-dealkylation sites (N-methyl/N-ethyl adjacent to an activating group) is 6. The number of ether oxygens (including phenoxy) is 3. The highest BCUT2D eigenvalue weighted by molar-refractivity contribution is 6.01. The normalized spacial score (nSPS) is 32.1. The molecular weight excluding hydrogens is 1470 g/mol. The van der Waals surface area contributed by atoms with Crippen LogP contribution in [0.1, 0.15) is 175 Å². The number of alkyl halides is 8. The van der Waals surface area contributed by atoms with E-state index in [1.807, 2.05) is 0 Å². The van der Waals surface area contributed by atoms with Crippen molar-refractivity contribution in [1.29, 1.82) is 0 Å². The predicted octanol–water partition coefficient (Wildman–Crippen LogP) is 5.34. The van der Waals surface area contributed by atoms with E-state index in [0.29, 0.717) is 57.8 Å². The van der Waals surface area contributed by atoms with Crippen molar-refractivity contribution in [2.45, 2.75) is 260 Å². The van der Waals surface area contributed by atoms with Crippen LogP contribution in [0.25, 0.3) is 0 Å². The fourth-order valence-electron chi connectivity index (χ4n) is 17.9. The molecule has 4 saturated carbocycles. The summed E-state index contributed by atoms with van der Waals surface area (Å²) in [6.07, 6.45) is -15.5. The Balaban J connectivity index is 1.21. The first-order valence-electron chi connectivity index (χ1n) is 39.9. The van der Waals surface area contributed by atoms with E-state index in [9.17, 15) is 45.5 Å². The van der Waals surface area contributed by atoms with Crippen molar-refractivity contribution >= 4 is 70.9 Å². The van der Waals surface area contributed by atoms with Crippen molar-refractivity contribution in [2.24, 2.45) is 35.5 Å². The molecule has 4 heterocycles. The maximum Gasteiger partial charge on any atom is 0.397 e. The van der Waals surface area contributed by atoms with Crippen LogP contribution >= 0.6 is 0 Å². The molecular formula is C76H118F8N12O15. The molecule has 2 bridgehead atoms. The van der Waals surface area contributed by atoms with Gasteiger partial charge in [0.1, 0.15) is 72.1 Å². The Hall–Kier alpha value is -7.04. The standard InChI is InChI=1S/C76H118F8N12O15/c1-11-45(4)63-71(106)89(6)43-61(99)90(7)54-22-15-14-18-31-95(70(54)105)56(38-46-23-26-49(27-24-46)75(79,80)81)68(103)88(5)42-59(97)85-53(28-25-47-36-51(77)62(52(78)37-47)76(82,83)84)67(102)96-41-50(111-13-3)39-55(96)66(101)87-74(29-19-30-74)73(108)92(9)64(48-20-16-17-21-48)72(107)94(12-2)57(69(104)93-32-34-110-35-33-93)40-60(98)91(8)58(44-109-10)65(100)86-63/h45-58,62-64H,11-44H2,1-10H3,(H,85,97)(H,86,100)(H,87,101)/t45-,46?,47?,49?,50+,51?,52?,53-,54-,55-,56-,57-,58-,62?,63-,64-/m0/s1. The number of carbonyl (C=O) groups excluding carboxylic acids is 12. The van der Waals surface area contributed by atoms with Gasteiger partial charge in [0.2, 0.25) is 70.9 Å². The number of nitrogens with zero attached hydrogens (tertiary/aromatic N) is 9. The molecule has 4 aliphatic heterocycles. The summed E-state index contributed by atoms with van der Waals surface area (Å²) in [6.45, 7) is 4.76. The summed E-state index contributed by atoms with van der Waals surface area (Å²) in [5.74, 6) is -16.9. The lowest BCUT2D eigenvalue weighted by molar-refractivity contribution is -0.219. The van der Waals surface area contributed by atoms with Crippen molar-refractivity contribution in [3.8, 4) is 0 Å². The first-order valence-corrected chi connectivity index (χ1v) is 39.9. The van der Waals surface area contributed by atoms with Crippen molar-refractivity contribution in [1.82, 2.24) is 60.0 Å². The van der Waals surface area contributed by atoms with Crippen LogP contribution in [0.3, 0.4) is 0 Å². The van der Waals surface area contributed by atoms with E-state index in [2.05, 4.69) is 16.0 Å². The van der Waals surface area contributed by atoms with Crippen LogP contribution < -0.4 is 16.0 Å². The quantitative estimate of drug-likeness (QED) is 0.185. The van der Waals surface area contributed by atoms with Gasteiger partial charge in [0.05, 0.1) is 51.4 Å². The van der Waals surface area contributed by atoms with E-state index in [-0.39, 0.29) is 117 Å². The number of methoxy groups -OCH3 is 1. The lowest BCUT2D eigenvalue weighted by Crippen LogP contribution is -2.68. The van der Waals surface area contributed by atoms with Crippen molar-refractivity contribution in [3.05, 3.63) is 0 Å². The number of fused-ring (bicyclic) bond motifs is 3. The molecule has 4 aliphatic carbocycles. The van der Waals surface area contributed by atoms with Crippen LogP contribution in [0.4, 0.5) is 35.1 Å². The second-order valence-electron chi connectivity index (χ2n) is 32.2. The minimum absolute atomic E-state index is 0.00239. The fourth-order valence-corrected chi connectivity index (χ4v) is 17.9. The Morgan fingerprint density at radius 2 is 1.25 bits per heavy atom. The van der Waals surface area contributed by atoms with Crippen LogP contribution in [-0.2, 0) is 71.7 Å². The molecule has 12 amide bonds. The summed E-state index contributed by atoms with van der Waals surface area (Å²) < 4.78 is 133. The summed E-state index contributed by atoms with van der Waals surface area (Å²) in [7, 11) is 7.91. The number of rotatable bonds is 14. The smallest absolute Gasteiger partial charge is 0.382 e. The Morgan fingerprint density at radius 1 is 0.622 bits per heavy atom. The average molecular weight is 1590 g/mol. The molecule has 3 N–H and O–H groups in total. The summed E-state index contributed by atoms with van der Waals surface area (Å²) in [6, 6.07) is -11.6. The largest absolute Gasteiger partial charge is 0.397 e. The maximum absolute atomic E-state index is 15.9. The van der Waals surface area contributed by atoms with Crippen LogP contribution in [0, 0.1) is 35.5 Å². The molecule has 111 heavy (non-hydrogen) atoms. The number of hydrogen-bond donors (Lipinski definition) is 3. The van der Waals surface area contributed by atoms with Gasteiger partial charge in [0, 0.05) is 88.1 Å². The molecule has 27 nitrogen and oxygen atoms in total. The Bertz CT molecular complexity index is 3250. The first kappa shape index (κ1) is 89.5. The SMILES string of the molecule is CCO[C@@H]1C[C@H]2C(=O)NC3(CCC3)C(=O)N(C)[C@@H](C3CCCC3)C(=O)N(CC)[C@H](C(=O)N3CCOCC3)CC(=O)N(C)[C@@H](COC)C(=O)N[C@@H]([C@@H](C)CC)C(=O)N(C)CC(=O)N(C)[C@H]3CCCCCN(C3=O)[C@@H](CC3CCC(C(F)(F)F)CC3)C(=O)N(C)CC(=O)N[C@@H](CCC3CC(F)C(C(F)(F)F)C(F)C3)C(=O)N2C1. The average Bonchev–Trinajstić information content (AvgIpc) is 1.67. The first-order chi connectivity index (χ1) is 52.4. The highest BCUT2D eigenvalue weighted by Gasteiger charge is 2.57. The lowest BCUT2D eigenvalue weighted by atomic mass is 9.74. The summed E-state index contributed by atoms with van der Waals surface area (Å²) in [5.41, 5.74) is -1.71. The van der Waals surface area contributed by atoms with E-state index in [1.165, 1.54) is 61.9 Å². The molecule has 0 aromatic heterocycles. The fraction of sp³-hybridized carbons (Fsp3) is 0.842.